The van der Waals surface area contributed by atoms with Gasteiger partial charge in [0.05, 0.1) is 33.7 Å². The van der Waals surface area contributed by atoms with Gasteiger partial charge in [-0.05, 0) is 45.8 Å². The highest BCUT2D eigenvalue weighted by Crippen LogP contribution is 2.35. The van der Waals surface area contributed by atoms with E-state index in [2.05, 4.69) is 84.9 Å². The van der Waals surface area contributed by atoms with Crippen molar-refractivity contribution in [1.82, 2.24) is 0 Å². The molecule has 138 valence electrons. The summed E-state index contributed by atoms with van der Waals surface area (Å²) in [5, 5.41) is 11.5. The van der Waals surface area contributed by atoms with Crippen molar-refractivity contribution < 1.29 is 8.83 Å². The normalized spacial score (nSPS) is 12.0. The molecule has 0 N–H and O–H groups in total. The Morgan fingerprint density at radius 2 is 0.733 bits per heavy atom. The Labute approximate surface area is 171 Å². The molecule has 0 aliphatic heterocycles. The van der Waals surface area contributed by atoms with Gasteiger partial charge in [0, 0.05) is 10.8 Å². The summed E-state index contributed by atoms with van der Waals surface area (Å²) >= 11 is 0. The number of benzene rings is 5. The van der Waals surface area contributed by atoms with Crippen LogP contribution < -0.4 is 0 Å². The second-order valence-electron chi connectivity index (χ2n) is 7.89. The average molecular weight is 384 g/mol. The molecule has 2 heterocycles. The highest BCUT2D eigenvalue weighted by Gasteiger charge is 2.18. The van der Waals surface area contributed by atoms with Crippen LogP contribution in [0.2, 0.25) is 0 Å². The molecule has 0 spiro atoms. The summed E-state index contributed by atoms with van der Waals surface area (Å²) < 4.78 is 12.1. The summed E-state index contributed by atoms with van der Waals surface area (Å²) in [7, 11) is 0. The molecule has 0 atom stereocenters. The van der Waals surface area contributed by atoms with Crippen molar-refractivity contribution >= 4 is 65.0 Å². The lowest BCUT2D eigenvalue weighted by Crippen LogP contribution is -1.83. The lowest BCUT2D eigenvalue weighted by Gasteiger charge is -2.03. The minimum atomic E-state index is 0.893. The fourth-order valence-corrected chi connectivity index (χ4v) is 4.60. The van der Waals surface area contributed by atoms with Gasteiger partial charge in [-0.2, -0.15) is 0 Å². The van der Waals surface area contributed by atoms with Crippen LogP contribution in [-0.2, 0) is 0 Å². The molecule has 7 aromatic rings. The Hall–Kier alpha value is -4.04. The number of rotatable bonds is 0. The third-order valence-electron chi connectivity index (χ3n) is 6.12. The minimum absolute atomic E-state index is 0.893. The molecule has 0 saturated heterocycles. The third kappa shape index (κ3) is 2.19. The first-order valence-corrected chi connectivity index (χ1v) is 10.1. The van der Waals surface area contributed by atoms with Gasteiger partial charge in [0.1, 0.15) is 0 Å². The molecule has 0 aliphatic carbocycles. The summed E-state index contributed by atoms with van der Waals surface area (Å²) in [4.78, 5) is 0. The first-order chi connectivity index (χ1) is 14.8. The summed E-state index contributed by atoms with van der Waals surface area (Å²) in [5.74, 6) is 0. The number of fused-ring (bicyclic) bond motifs is 8. The van der Waals surface area contributed by atoms with Crippen LogP contribution in [0.25, 0.3) is 65.0 Å². The molecule has 0 fully saturated rings. The molecule has 0 radical (unpaired) electrons. The van der Waals surface area contributed by atoms with Crippen LogP contribution in [-0.4, -0.2) is 0 Å². The van der Waals surface area contributed by atoms with E-state index in [9.17, 15) is 0 Å². The number of hydrogen-bond acceptors (Lipinski definition) is 0. The predicted octanol–water partition coefficient (Wildman–Crippen LogP) is 8.35. The van der Waals surface area contributed by atoms with Crippen molar-refractivity contribution in [3.8, 4) is 0 Å². The Kier molecular flexibility index (Phi) is 3.03. The lowest BCUT2D eigenvalue weighted by molar-refractivity contribution is 0.610. The van der Waals surface area contributed by atoms with Gasteiger partial charge in [-0.1, -0.05) is 48.5 Å². The van der Waals surface area contributed by atoms with E-state index < -0.39 is 0 Å². The van der Waals surface area contributed by atoms with Gasteiger partial charge in [-0.15, -0.1) is 0 Å². The highest BCUT2D eigenvalue weighted by molar-refractivity contribution is 6.17. The molecule has 0 amide bonds. The molecule has 2 aromatic heterocycles. The quantitative estimate of drug-likeness (QED) is 0.149. The standard InChI is InChI=1S/C28H16O2/c1-3-7-19-13-27-25(9-17(19)5-1)23-11-22-16-30-28-14-20-8-4-2-6-18(20)10-26(28)24(22)12-21(23)15-29-27/h1-16H/q+2. The van der Waals surface area contributed by atoms with Crippen LogP contribution in [0.4, 0.5) is 0 Å². The molecule has 5 aromatic carbocycles. The van der Waals surface area contributed by atoms with E-state index in [1.807, 2.05) is 12.5 Å². The van der Waals surface area contributed by atoms with E-state index in [0.717, 1.165) is 32.7 Å². The van der Waals surface area contributed by atoms with E-state index in [4.69, 9.17) is 8.83 Å². The van der Waals surface area contributed by atoms with Crippen molar-refractivity contribution in [1.29, 1.82) is 0 Å². The first kappa shape index (κ1) is 15.8. The SMILES string of the molecule is c1ccc2cc3c(cc2c1)[o+]cc1cc2c(c[o+]c4cc5ccccc5cc42)cc13. The third-order valence-corrected chi connectivity index (χ3v) is 6.12. The van der Waals surface area contributed by atoms with Crippen molar-refractivity contribution in [2.75, 3.05) is 0 Å². The average Bonchev–Trinajstić information content (AvgIpc) is 2.80. The summed E-state index contributed by atoms with van der Waals surface area (Å²) in [5.41, 5.74) is 1.79. The van der Waals surface area contributed by atoms with Gasteiger partial charge in [-0.3, -0.25) is 0 Å². The lowest BCUT2D eigenvalue weighted by atomic mass is 9.98. The van der Waals surface area contributed by atoms with Crippen molar-refractivity contribution in [3.05, 3.63) is 97.5 Å². The molecule has 2 nitrogen and oxygen atoms in total. The molecule has 2 heteroatoms. The van der Waals surface area contributed by atoms with Gasteiger partial charge in [0.15, 0.2) is 0 Å². The van der Waals surface area contributed by atoms with Crippen LogP contribution >= 0.6 is 0 Å². The molecular weight excluding hydrogens is 368 g/mol. The zero-order valence-corrected chi connectivity index (χ0v) is 16.1. The largest absolute Gasteiger partial charge is 0.361 e. The second kappa shape index (κ2) is 5.74. The second-order valence-corrected chi connectivity index (χ2v) is 7.89. The molecule has 0 saturated carbocycles. The van der Waals surface area contributed by atoms with E-state index in [-0.39, 0.29) is 0 Å². The Balaban J connectivity index is 1.61. The fourth-order valence-electron chi connectivity index (χ4n) is 4.60. The van der Waals surface area contributed by atoms with Gasteiger partial charge >= 0.3 is 23.7 Å². The molecule has 0 bridgehead atoms. The van der Waals surface area contributed by atoms with Crippen LogP contribution in [0, 0.1) is 0 Å². The Morgan fingerprint density at radius 3 is 1.17 bits per heavy atom. The van der Waals surface area contributed by atoms with Gasteiger partial charge in [0.2, 0.25) is 0 Å². The smallest absolute Gasteiger partial charge is 0.215 e. The maximum absolute atomic E-state index is 6.04. The Bertz CT molecular complexity index is 1660. The first-order valence-electron chi connectivity index (χ1n) is 10.1. The van der Waals surface area contributed by atoms with Gasteiger partial charge in [0.25, 0.3) is 0 Å². The minimum Gasteiger partial charge on any atom is -0.215 e. The van der Waals surface area contributed by atoms with E-state index in [0.29, 0.717) is 0 Å². The fraction of sp³-hybridized carbons (Fsp3) is 0. The zero-order chi connectivity index (χ0) is 19.7. The maximum atomic E-state index is 6.04. The monoisotopic (exact) mass is 384 g/mol. The molecular formula is C28H16O2+2. The highest BCUT2D eigenvalue weighted by atomic mass is 16.3. The molecule has 0 unspecified atom stereocenters. The van der Waals surface area contributed by atoms with Gasteiger partial charge < -0.3 is 0 Å². The van der Waals surface area contributed by atoms with E-state index in [1.165, 1.54) is 32.3 Å². The van der Waals surface area contributed by atoms with Crippen LogP contribution in [0.1, 0.15) is 0 Å². The zero-order valence-electron chi connectivity index (χ0n) is 16.1. The predicted molar refractivity (Wildman–Crippen MR) is 125 cm³/mol. The van der Waals surface area contributed by atoms with Crippen LogP contribution in [0.3, 0.4) is 0 Å². The van der Waals surface area contributed by atoms with E-state index >= 15 is 0 Å². The summed E-state index contributed by atoms with van der Waals surface area (Å²) in [6.45, 7) is 0. The van der Waals surface area contributed by atoms with Crippen LogP contribution in [0.5, 0.6) is 0 Å². The number of hydrogen-bond donors (Lipinski definition) is 0. The molecule has 30 heavy (non-hydrogen) atoms. The molecule has 0 aliphatic rings. The topological polar surface area (TPSA) is 22.6 Å². The summed E-state index contributed by atoms with van der Waals surface area (Å²) in [6.07, 6.45) is 3.73. The Morgan fingerprint density at radius 1 is 0.367 bits per heavy atom. The van der Waals surface area contributed by atoms with Crippen molar-refractivity contribution in [2.24, 2.45) is 0 Å². The van der Waals surface area contributed by atoms with E-state index in [1.54, 1.807) is 0 Å². The summed E-state index contributed by atoms with van der Waals surface area (Å²) in [6, 6.07) is 29.9. The molecule has 7 rings (SSSR count). The van der Waals surface area contributed by atoms with Crippen LogP contribution in [0.15, 0.2) is 106 Å². The van der Waals surface area contributed by atoms with Gasteiger partial charge in [-0.25, -0.2) is 8.83 Å². The van der Waals surface area contributed by atoms with Crippen molar-refractivity contribution in [3.63, 3.8) is 0 Å². The van der Waals surface area contributed by atoms with Crippen molar-refractivity contribution in [2.45, 2.75) is 0 Å². The maximum Gasteiger partial charge on any atom is 0.361 e.